The Labute approximate surface area is 148 Å². The first kappa shape index (κ1) is 17.7. The number of likely N-dealkylation sites (tertiary alicyclic amines) is 1. The van der Waals surface area contributed by atoms with Crippen molar-refractivity contribution in [3.8, 4) is 0 Å². The van der Waals surface area contributed by atoms with Gasteiger partial charge in [-0.2, -0.15) is 0 Å². The van der Waals surface area contributed by atoms with Crippen molar-refractivity contribution < 1.29 is 28.3 Å². The normalized spacial score (nSPS) is 17.0. The predicted octanol–water partition coefficient (Wildman–Crippen LogP) is 2.75. The van der Waals surface area contributed by atoms with E-state index in [1.165, 1.54) is 17.2 Å². The number of halogens is 1. The van der Waals surface area contributed by atoms with Gasteiger partial charge < -0.3 is 19.7 Å². The Hall–Kier alpha value is -3.16. The molecule has 1 unspecified atom stereocenters. The maximum Gasteiger partial charge on any atom is 0.335 e. The van der Waals surface area contributed by atoms with E-state index in [9.17, 15) is 18.8 Å². The number of benzene rings is 1. The Balaban J connectivity index is 1.80. The lowest BCUT2D eigenvalue weighted by Crippen LogP contribution is -2.50. The van der Waals surface area contributed by atoms with Gasteiger partial charge in [0.1, 0.15) is 11.9 Å². The van der Waals surface area contributed by atoms with Crippen LogP contribution in [0.3, 0.4) is 0 Å². The fourth-order valence-corrected chi connectivity index (χ4v) is 2.96. The van der Waals surface area contributed by atoms with Crippen molar-refractivity contribution >= 4 is 23.5 Å². The lowest BCUT2D eigenvalue weighted by atomic mass is 10.0. The molecule has 2 N–H and O–H groups in total. The van der Waals surface area contributed by atoms with Crippen LogP contribution in [-0.4, -0.2) is 40.4 Å². The molecule has 2 aromatic rings. The van der Waals surface area contributed by atoms with Crippen molar-refractivity contribution in [1.82, 2.24) is 4.90 Å². The Morgan fingerprint density at radius 2 is 2.04 bits per heavy atom. The van der Waals surface area contributed by atoms with Gasteiger partial charge >= 0.3 is 5.97 Å². The van der Waals surface area contributed by atoms with Crippen LogP contribution in [0.5, 0.6) is 0 Å². The lowest BCUT2D eigenvalue weighted by Gasteiger charge is -2.34. The third-order valence-electron chi connectivity index (χ3n) is 4.27. The molecule has 1 aliphatic rings. The van der Waals surface area contributed by atoms with E-state index in [2.05, 4.69) is 5.32 Å². The van der Waals surface area contributed by atoms with Gasteiger partial charge in [-0.3, -0.25) is 9.59 Å². The summed E-state index contributed by atoms with van der Waals surface area (Å²) in [6, 6.07) is 5.46. The summed E-state index contributed by atoms with van der Waals surface area (Å²) in [5, 5.41) is 11.4. The molecule has 2 amide bonds. The van der Waals surface area contributed by atoms with Crippen molar-refractivity contribution in [1.29, 1.82) is 0 Å². The van der Waals surface area contributed by atoms with Crippen molar-refractivity contribution in [2.45, 2.75) is 25.3 Å². The summed E-state index contributed by atoms with van der Waals surface area (Å²) in [5.41, 5.74) is -0.375. The summed E-state index contributed by atoms with van der Waals surface area (Å²) >= 11 is 0. The molecule has 0 bridgehead atoms. The molecular formula is C18H17FN2O5. The van der Waals surface area contributed by atoms with Crippen LogP contribution in [0.1, 0.15) is 40.2 Å². The molecule has 0 saturated carbocycles. The van der Waals surface area contributed by atoms with Gasteiger partial charge in [0.25, 0.3) is 5.91 Å². The highest BCUT2D eigenvalue weighted by Crippen LogP contribution is 2.23. The molecule has 136 valence electrons. The largest absolute Gasteiger partial charge is 0.478 e. The topological polar surface area (TPSA) is 99.9 Å². The summed E-state index contributed by atoms with van der Waals surface area (Å²) in [4.78, 5) is 37.6. The van der Waals surface area contributed by atoms with E-state index in [0.717, 1.165) is 31.0 Å². The maximum atomic E-state index is 13.9. The number of hydrogen-bond donors (Lipinski definition) is 2. The summed E-state index contributed by atoms with van der Waals surface area (Å²) in [7, 11) is 0. The molecule has 1 aromatic heterocycles. The SMILES string of the molecule is O=C(O)c1ccc(F)c(NC(=O)C2CCCCN2C(=O)c2ccco2)c1. The number of piperidine rings is 1. The zero-order valence-corrected chi connectivity index (χ0v) is 13.8. The molecule has 0 spiro atoms. The van der Waals surface area contributed by atoms with Gasteiger partial charge in [0.2, 0.25) is 5.91 Å². The van der Waals surface area contributed by atoms with Gasteiger partial charge in [-0.1, -0.05) is 0 Å². The highest BCUT2D eigenvalue weighted by atomic mass is 19.1. The van der Waals surface area contributed by atoms with Crippen molar-refractivity contribution in [2.24, 2.45) is 0 Å². The van der Waals surface area contributed by atoms with Gasteiger partial charge in [0.05, 0.1) is 17.5 Å². The fourth-order valence-electron chi connectivity index (χ4n) is 2.96. The second kappa shape index (κ2) is 7.38. The minimum absolute atomic E-state index is 0.128. The van der Waals surface area contributed by atoms with Gasteiger partial charge in [-0.15, -0.1) is 0 Å². The molecule has 1 atom stereocenters. The monoisotopic (exact) mass is 360 g/mol. The molecule has 26 heavy (non-hydrogen) atoms. The Morgan fingerprint density at radius 1 is 1.23 bits per heavy atom. The maximum absolute atomic E-state index is 13.9. The van der Waals surface area contributed by atoms with E-state index in [0.29, 0.717) is 13.0 Å². The average Bonchev–Trinajstić information content (AvgIpc) is 3.17. The molecule has 0 aliphatic carbocycles. The minimum atomic E-state index is -1.23. The molecule has 2 heterocycles. The Morgan fingerprint density at radius 3 is 2.73 bits per heavy atom. The number of carbonyl (C=O) groups is 3. The van der Waals surface area contributed by atoms with Crippen LogP contribution in [0.4, 0.5) is 10.1 Å². The Bertz CT molecular complexity index is 834. The number of furan rings is 1. The van der Waals surface area contributed by atoms with Crippen molar-refractivity contribution in [3.63, 3.8) is 0 Å². The van der Waals surface area contributed by atoms with E-state index >= 15 is 0 Å². The number of carboxylic acid groups (broad SMARTS) is 1. The first-order valence-corrected chi connectivity index (χ1v) is 8.15. The Kier molecular flexibility index (Phi) is 5.01. The molecule has 3 rings (SSSR count). The number of nitrogens with one attached hydrogen (secondary N) is 1. The molecule has 7 nitrogen and oxygen atoms in total. The number of nitrogens with zero attached hydrogens (tertiary/aromatic N) is 1. The standard InChI is InChI=1S/C18H17FN2O5/c19-12-7-6-11(18(24)25)10-13(12)20-16(22)14-4-1-2-8-21(14)17(23)15-5-3-9-26-15/h3,5-7,9-10,14H,1-2,4,8H2,(H,20,22)(H,24,25). The lowest BCUT2D eigenvalue weighted by molar-refractivity contribution is -0.121. The number of anilines is 1. The van der Waals surface area contributed by atoms with Crippen molar-refractivity contribution in [2.75, 3.05) is 11.9 Å². The van der Waals surface area contributed by atoms with Crippen LogP contribution < -0.4 is 5.32 Å². The molecule has 1 aliphatic heterocycles. The molecule has 1 saturated heterocycles. The minimum Gasteiger partial charge on any atom is -0.478 e. The fraction of sp³-hybridized carbons (Fsp3) is 0.278. The third kappa shape index (κ3) is 3.58. The summed E-state index contributed by atoms with van der Waals surface area (Å²) < 4.78 is 19.0. The molecule has 0 radical (unpaired) electrons. The predicted molar refractivity (Wildman–Crippen MR) is 89.4 cm³/mol. The summed E-state index contributed by atoms with van der Waals surface area (Å²) in [6.07, 6.45) is 3.30. The van der Waals surface area contributed by atoms with Crippen molar-refractivity contribution in [3.05, 3.63) is 53.7 Å². The van der Waals surface area contributed by atoms with Gasteiger partial charge in [-0.05, 0) is 49.6 Å². The molecule has 1 aromatic carbocycles. The molecule has 1 fully saturated rings. The number of amides is 2. The molecular weight excluding hydrogens is 343 g/mol. The van der Waals surface area contributed by atoms with E-state index < -0.39 is 29.6 Å². The number of carbonyl (C=O) groups excluding carboxylic acids is 2. The third-order valence-corrected chi connectivity index (χ3v) is 4.27. The average molecular weight is 360 g/mol. The van der Waals surface area contributed by atoms with Crippen LogP contribution in [0.2, 0.25) is 0 Å². The first-order chi connectivity index (χ1) is 12.5. The number of rotatable bonds is 4. The highest BCUT2D eigenvalue weighted by molar-refractivity contribution is 6.01. The number of aromatic carboxylic acids is 1. The quantitative estimate of drug-likeness (QED) is 0.873. The van der Waals surface area contributed by atoms with Crippen LogP contribution in [0, 0.1) is 5.82 Å². The first-order valence-electron chi connectivity index (χ1n) is 8.15. The van der Waals surface area contributed by atoms with Crippen LogP contribution in [0.15, 0.2) is 41.0 Å². The second-order valence-corrected chi connectivity index (χ2v) is 5.98. The summed E-state index contributed by atoms with van der Waals surface area (Å²) in [5.74, 6) is -2.82. The van der Waals surface area contributed by atoms with E-state index in [1.54, 1.807) is 6.07 Å². The number of carboxylic acids is 1. The van der Waals surface area contributed by atoms with E-state index in [-0.39, 0.29) is 17.0 Å². The number of hydrogen-bond acceptors (Lipinski definition) is 4. The second-order valence-electron chi connectivity index (χ2n) is 5.98. The zero-order chi connectivity index (χ0) is 18.7. The summed E-state index contributed by atoms with van der Waals surface area (Å²) in [6.45, 7) is 0.384. The van der Waals surface area contributed by atoms with Gasteiger partial charge in [0.15, 0.2) is 5.76 Å². The van der Waals surface area contributed by atoms with Crippen LogP contribution >= 0.6 is 0 Å². The van der Waals surface area contributed by atoms with Crippen LogP contribution in [-0.2, 0) is 4.79 Å². The van der Waals surface area contributed by atoms with E-state index in [1.807, 2.05) is 0 Å². The molecule has 8 heteroatoms. The highest BCUT2D eigenvalue weighted by Gasteiger charge is 2.34. The smallest absolute Gasteiger partial charge is 0.335 e. The van der Waals surface area contributed by atoms with Gasteiger partial charge in [-0.25, -0.2) is 9.18 Å². The van der Waals surface area contributed by atoms with Gasteiger partial charge in [0, 0.05) is 6.54 Å². The van der Waals surface area contributed by atoms with Crippen LogP contribution in [0.25, 0.3) is 0 Å². The van der Waals surface area contributed by atoms with E-state index in [4.69, 9.17) is 9.52 Å². The zero-order valence-electron chi connectivity index (χ0n) is 13.8.